The number of hydrogen-bond acceptors (Lipinski definition) is 3. The number of benzene rings is 1. The predicted molar refractivity (Wildman–Crippen MR) is 72.4 cm³/mol. The number of halogens is 2. The molecule has 1 aromatic rings. The van der Waals surface area contributed by atoms with Gasteiger partial charge in [-0.1, -0.05) is 15.9 Å². The minimum absolute atomic E-state index is 0.00250. The lowest BCUT2D eigenvalue weighted by molar-refractivity contribution is 0.00523. The molecule has 0 spiro atoms. The molecule has 1 unspecified atom stereocenters. The van der Waals surface area contributed by atoms with Crippen molar-refractivity contribution < 1.29 is 18.7 Å². The van der Waals surface area contributed by atoms with Crippen LogP contribution in [0.15, 0.2) is 18.2 Å². The molecule has 6 heteroatoms. The van der Waals surface area contributed by atoms with Crippen LogP contribution in [0.2, 0.25) is 0 Å². The molecule has 104 valence electrons. The highest BCUT2D eigenvalue weighted by molar-refractivity contribution is 9.09. The van der Waals surface area contributed by atoms with Crippen LogP contribution < -0.4 is 4.74 Å². The van der Waals surface area contributed by atoms with E-state index in [2.05, 4.69) is 15.9 Å². The molecule has 1 aliphatic rings. The summed E-state index contributed by atoms with van der Waals surface area (Å²) in [7, 11) is 1.38. The maximum absolute atomic E-state index is 13.3. The summed E-state index contributed by atoms with van der Waals surface area (Å²) >= 11 is 3.37. The van der Waals surface area contributed by atoms with Gasteiger partial charge >= 0.3 is 0 Å². The van der Waals surface area contributed by atoms with Gasteiger partial charge in [-0.2, -0.15) is 0 Å². The number of alkyl halides is 1. The first-order valence-electron chi connectivity index (χ1n) is 5.95. The molecule has 0 bridgehead atoms. The Bertz CT molecular complexity index is 469. The summed E-state index contributed by atoms with van der Waals surface area (Å²) in [4.78, 5) is 14.2. The lowest BCUT2D eigenvalue weighted by Crippen LogP contribution is -2.49. The fourth-order valence-electron chi connectivity index (χ4n) is 2.01. The van der Waals surface area contributed by atoms with Crippen molar-refractivity contribution in [2.75, 3.05) is 32.2 Å². The highest BCUT2D eigenvalue weighted by Crippen LogP contribution is 2.21. The van der Waals surface area contributed by atoms with Crippen LogP contribution in [0.1, 0.15) is 10.4 Å². The van der Waals surface area contributed by atoms with Crippen LogP contribution in [-0.2, 0) is 4.74 Å². The van der Waals surface area contributed by atoms with Crippen molar-refractivity contribution in [2.45, 2.75) is 6.04 Å². The Balaban J connectivity index is 2.22. The number of amides is 1. The van der Waals surface area contributed by atoms with E-state index in [0.29, 0.717) is 30.7 Å². The van der Waals surface area contributed by atoms with Gasteiger partial charge in [0.1, 0.15) is 0 Å². The monoisotopic (exact) mass is 331 g/mol. The second kappa shape index (κ2) is 6.34. The quantitative estimate of drug-likeness (QED) is 0.796. The highest BCUT2D eigenvalue weighted by Gasteiger charge is 2.27. The summed E-state index contributed by atoms with van der Waals surface area (Å²) in [6.07, 6.45) is 0. The third-order valence-corrected chi connectivity index (χ3v) is 3.81. The average molecular weight is 332 g/mol. The van der Waals surface area contributed by atoms with Crippen molar-refractivity contribution in [3.8, 4) is 5.75 Å². The summed E-state index contributed by atoms with van der Waals surface area (Å²) in [5.41, 5.74) is 0.422. The normalized spacial score (nSPS) is 19.3. The molecule has 1 fully saturated rings. The predicted octanol–water partition coefficient (Wildman–Crippen LogP) is 2.07. The van der Waals surface area contributed by atoms with E-state index in [9.17, 15) is 9.18 Å². The maximum atomic E-state index is 13.3. The first kappa shape index (κ1) is 14.3. The van der Waals surface area contributed by atoms with Crippen molar-refractivity contribution in [2.24, 2.45) is 0 Å². The van der Waals surface area contributed by atoms with Gasteiger partial charge in [0.05, 0.1) is 26.4 Å². The average Bonchev–Trinajstić information content (AvgIpc) is 2.47. The Labute approximate surface area is 119 Å². The first-order valence-corrected chi connectivity index (χ1v) is 7.07. The maximum Gasteiger partial charge on any atom is 0.254 e. The first-order chi connectivity index (χ1) is 9.17. The second-order valence-electron chi connectivity index (χ2n) is 4.23. The van der Waals surface area contributed by atoms with Gasteiger partial charge in [-0.05, 0) is 18.2 Å². The van der Waals surface area contributed by atoms with Gasteiger partial charge in [0, 0.05) is 17.4 Å². The number of methoxy groups -OCH3 is 1. The summed E-state index contributed by atoms with van der Waals surface area (Å²) in [5.74, 6) is -0.529. The highest BCUT2D eigenvalue weighted by atomic mass is 79.9. The minimum atomic E-state index is -0.474. The van der Waals surface area contributed by atoms with Crippen LogP contribution in [-0.4, -0.2) is 49.0 Å². The van der Waals surface area contributed by atoms with Crippen molar-refractivity contribution in [1.29, 1.82) is 0 Å². The van der Waals surface area contributed by atoms with Gasteiger partial charge in [-0.3, -0.25) is 4.79 Å². The van der Waals surface area contributed by atoms with Crippen LogP contribution in [0, 0.1) is 5.82 Å². The molecule has 0 N–H and O–H groups in total. The summed E-state index contributed by atoms with van der Waals surface area (Å²) < 4.78 is 23.6. The number of morpholine rings is 1. The molecule has 4 nitrogen and oxygen atoms in total. The molecule has 1 atom stereocenters. The SMILES string of the molecule is COc1cc(C(=O)N2CCOCC2CBr)ccc1F. The van der Waals surface area contributed by atoms with E-state index in [4.69, 9.17) is 9.47 Å². The lowest BCUT2D eigenvalue weighted by Gasteiger charge is -2.34. The fourth-order valence-corrected chi connectivity index (χ4v) is 2.55. The number of rotatable bonds is 3. The van der Waals surface area contributed by atoms with Gasteiger partial charge < -0.3 is 14.4 Å². The van der Waals surface area contributed by atoms with E-state index in [1.54, 1.807) is 4.90 Å². The zero-order valence-corrected chi connectivity index (χ0v) is 12.2. The van der Waals surface area contributed by atoms with Crippen LogP contribution in [0.3, 0.4) is 0 Å². The number of ether oxygens (including phenoxy) is 2. The van der Waals surface area contributed by atoms with Gasteiger partial charge in [0.25, 0.3) is 5.91 Å². The zero-order valence-electron chi connectivity index (χ0n) is 10.6. The minimum Gasteiger partial charge on any atom is -0.494 e. The third-order valence-electron chi connectivity index (χ3n) is 3.06. The molecule has 1 aromatic carbocycles. The fraction of sp³-hybridized carbons (Fsp3) is 0.462. The molecule has 1 amide bonds. The Hall–Kier alpha value is -1.14. The van der Waals surface area contributed by atoms with Gasteiger partial charge in [0.15, 0.2) is 11.6 Å². The van der Waals surface area contributed by atoms with Gasteiger partial charge in [0.2, 0.25) is 0 Å². The van der Waals surface area contributed by atoms with Gasteiger partial charge in [-0.25, -0.2) is 4.39 Å². The Morgan fingerprint density at radius 2 is 2.42 bits per heavy atom. The molecule has 1 saturated heterocycles. The van der Waals surface area contributed by atoms with Crippen molar-refractivity contribution in [3.05, 3.63) is 29.6 Å². The Kier molecular flexibility index (Phi) is 4.76. The number of carbonyl (C=O) groups is 1. The molecule has 19 heavy (non-hydrogen) atoms. The third kappa shape index (κ3) is 3.06. The largest absolute Gasteiger partial charge is 0.494 e. The van der Waals surface area contributed by atoms with E-state index in [1.165, 1.54) is 25.3 Å². The van der Waals surface area contributed by atoms with Crippen molar-refractivity contribution in [1.82, 2.24) is 4.90 Å². The molecular formula is C13H15BrFNO3. The van der Waals surface area contributed by atoms with Crippen LogP contribution >= 0.6 is 15.9 Å². The Morgan fingerprint density at radius 3 is 3.11 bits per heavy atom. The topological polar surface area (TPSA) is 38.8 Å². The second-order valence-corrected chi connectivity index (χ2v) is 4.88. The number of nitrogens with zero attached hydrogens (tertiary/aromatic N) is 1. The van der Waals surface area contributed by atoms with Crippen LogP contribution in [0.5, 0.6) is 5.75 Å². The van der Waals surface area contributed by atoms with Crippen molar-refractivity contribution >= 4 is 21.8 Å². The molecule has 1 aliphatic heterocycles. The zero-order chi connectivity index (χ0) is 13.8. The molecule has 0 aromatic heterocycles. The lowest BCUT2D eigenvalue weighted by atomic mass is 10.1. The molecular weight excluding hydrogens is 317 g/mol. The van der Waals surface area contributed by atoms with Crippen LogP contribution in [0.25, 0.3) is 0 Å². The van der Waals surface area contributed by atoms with E-state index in [-0.39, 0.29) is 17.7 Å². The van der Waals surface area contributed by atoms with E-state index in [1.807, 2.05) is 0 Å². The number of carbonyl (C=O) groups excluding carboxylic acids is 1. The summed E-state index contributed by atoms with van der Waals surface area (Å²) in [6.45, 7) is 1.57. The van der Waals surface area contributed by atoms with E-state index >= 15 is 0 Å². The number of hydrogen-bond donors (Lipinski definition) is 0. The molecule has 0 saturated carbocycles. The van der Waals surface area contributed by atoms with E-state index in [0.717, 1.165) is 0 Å². The Morgan fingerprint density at radius 1 is 1.63 bits per heavy atom. The standard InChI is InChI=1S/C13H15BrFNO3/c1-18-12-6-9(2-3-11(12)15)13(17)16-4-5-19-8-10(16)7-14/h2-3,6,10H,4-5,7-8H2,1H3. The van der Waals surface area contributed by atoms with Crippen LogP contribution in [0.4, 0.5) is 4.39 Å². The molecule has 1 heterocycles. The summed E-state index contributed by atoms with van der Waals surface area (Å²) in [5, 5.41) is 0.650. The van der Waals surface area contributed by atoms with E-state index < -0.39 is 5.82 Å². The van der Waals surface area contributed by atoms with Crippen molar-refractivity contribution in [3.63, 3.8) is 0 Å². The summed E-state index contributed by atoms with van der Waals surface area (Å²) in [6, 6.07) is 4.15. The smallest absolute Gasteiger partial charge is 0.254 e. The molecule has 0 aliphatic carbocycles. The molecule has 0 radical (unpaired) electrons. The molecule has 2 rings (SSSR count). The van der Waals surface area contributed by atoms with Gasteiger partial charge in [-0.15, -0.1) is 0 Å².